The lowest BCUT2D eigenvalue weighted by molar-refractivity contribution is -0.384. The van der Waals surface area contributed by atoms with Crippen LogP contribution in [0.15, 0.2) is 64.2 Å². The van der Waals surface area contributed by atoms with E-state index >= 15 is 0 Å². The molecule has 2 aromatic heterocycles. The van der Waals surface area contributed by atoms with E-state index in [1.807, 2.05) is 41.9 Å². The molecule has 0 unspecified atom stereocenters. The molecule has 34 heavy (non-hydrogen) atoms. The highest BCUT2D eigenvalue weighted by Crippen LogP contribution is 2.37. The largest absolute Gasteiger partial charge is 0.419 e. The summed E-state index contributed by atoms with van der Waals surface area (Å²) in [5.74, 6) is 2.19. The molecule has 174 valence electrons. The van der Waals surface area contributed by atoms with Crippen LogP contribution in [0.2, 0.25) is 0 Å². The molecule has 0 radical (unpaired) electrons. The SMILES string of the molecule is C[C@@H](Sc1nc(C2CCCCC2)n(-c2ccccc2)n1)c1nnc(-c2ccc([N+](=O)[O-])cc2)o1. The first-order chi connectivity index (χ1) is 16.6. The Morgan fingerprint density at radius 3 is 2.50 bits per heavy atom. The molecule has 2 heterocycles. The molecule has 0 N–H and O–H groups in total. The van der Waals surface area contributed by atoms with Gasteiger partial charge in [-0.05, 0) is 44.0 Å². The van der Waals surface area contributed by atoms with Gasteiger partial charge in [0.25, 0.3) is 5.69 Å². The van der Waals surface area contributed by atoms with E-state index in [2.05, 4.69) is 10.2 Å². The summed E-state index contributed by atoms with van der Waals surface area (Å²) in [4.78, 5) is 15.4. The molecule has 5 rings (SSSR count). The number of benzene rings is 2. The van der Waals surface area contributed by atoms with Crippen molar-refractivity contribution in [2.24, 2.45) is 0 Å². The number of non-ortho nitro benzene ring substituents is 1. The summed E-state index contributed by atoms with van der Waals surface area (Å²) in [7, 11) is 0. The van der Waals surface area contributed by atoms with Gasteiger partial charge in [0, 0.05) is 23.6 Å². The first-order valence-electron chi connectivity index (χ1n) is 11.4. The first-order valence-corrected chi connectivity index (χ1v) is 12.2. The summed E-state index contributed by atoms with van der Waals surface area (Å²) in [5, 5.41) is 24.5. The van der Waals surface area contributed by atoms with Gasteiger partial charge in [0.1, 0.15) is 5.82 Å². The highest BCUT2D eigenvalue weighted by atomic mass is 32.2. The molecule has 10 heteroatoms. The summed E-state index contributed by atoms with van der Waals surface area (Å²) in [5.41, 5.74) is 1.65. The Balaban J connectivity index is 1.37. The predicted octanol–water partition coefficient (Wildman–Crippen LogP) is 6.13. The van der Waals surface area contributed by atoms with Gasteiger partial charge in [0.05, 0.1) is 15.9 Å². The minimum atomic E-state index is -0.440. The van der Waals surface area contributed by atoms with Crippen LogP contribution in [0.4, 0.5) is 5.69 Å². The number of thioether (sulfide) groups is 1. The molecule has 0 saturated heterocycles. The molecule has 4 aromatic rings. The lowest BCUT2D eigenvalue weighted by Crippen LogP contribution is -2.12. The monoisotopic (exact) mass is 476 g/mol. The summed E-state index contributed by atoms with van der Waals surface area (Å²) >= 11 is 1.48. The van der Waals surface area contributed by atoms with Crippen LogP contribution in [-0.2, 0) is 0 Å². The van der Waals surface area contributed by atoms with Gasteiger partial charge in [0.15, 0.2) is 0 Å². The Hall–Kier alpha value is -3.53. The number of nitrogens with zero attached hydrogens (tertiary/aromatic N) is 6. The molecule has 1 saturated carbocycles. The van der Waals surface area contributed by atoms with Crippen molar-refractivity contribution < 1.29 is 9.34 Å². The molecule has 2 aromatic carbocycles. The fraction of sp³-hybridized carbons (Fsp3) is 0.333. The Morgan fingerprint density at radius 2 is 1.79 bits per heavy atom. The molecular weight excluding hydrogens is 452 g/mol. The summed E-state index contributed by atoms with van der Waals surface area (Å²) in [6, 6.07) is 16.2. The van der Waals surface area contributed by atoms with Crippen LogP contribution in [0.1, 0.15) is 61.9 Å². The van der Waals surface area contributed by atoms with Crippen LogP contribution in [0, 0.1) is 10.1 Å². The smallest absolute Gasteiger partial charge is 0.269 e. The second-order valence-corrected chi connectivity index (χ2v) is 9.65. The minimum absolute atomic E-state index is 0.0151. The van der Waals surface area contributed by atoms with E-state index in [0.717, 1.165) is 24.4 Å². The van der Waals surface area contributed by atoms with E-state index in [1.165, 1.54) is 43.2 Å². The summed E-state index contributed by atoms with van der Waals surface area (Å²) < 4.78 is 7.84. The molecule has 0 spiro atoms. The first kappa shape index (κ1) is 22.3. The van der Waals surface area contributed by atoms with Gasteiger partial charge in [-0.2, -0.15) is 0 Å². The third-order valence-electron chi connectivity index (χ3n) is 5.98. The average Bonchev–Trinajstić information content (AvgIpc) is 3.53. The van der Waals surface area contributed by atoms with E-state index in [-0.39, 0.29) is 10.9 Å². The molecule has 0 bridgehead atoms. The maximum Gasteiger partial charge on any atom is 0.269 e. The van der Waals surface area contributed by atoms with Gasteiger partial charge < -0.3 is 4.42 Å². The highest BCUT2D eigenvalue weighted by molar-refractivity contribution is 7.99. The number of aromatic nitrogens is 5. The van der Waals surface area contributed by atoms with Gasteiger partial charge in [-0.3, -0.25) is 10.1 Å². The Morgan fingerprint density at radius 1 is 1.06 bits per heavy atom. The fourth-order valence-electron chi connectivity index (χ4n) is 4.19. The second kappa shape index (κ2) is 9.76. The van der Waals surface area contributed by atoms with Gasteiger partial charge >= 0.3 is 0 Å². The number of rotatable bonds is 7. The zero-order valence-electron chi connectivity index (χ0n) is 18.7. The van der Waals surface area contributed by atoms with E-state index in [1.54, 1.807) is 12.1 Å². The minimum Gasteiger partial charge on any atom is -0.419 e. The molecule has 1 fully saturated rings. The third-order valence-corrected chi connectivity index (χ3v) is 6.92. The van der Waals surface area contributed by atoms with Gasteiger partial charge in [-0.15, -0.1) is 15.3 Å². The van der Waals surface area contributed by atoms with Crippen LogP contribution >= 0.6 is 11.8 Å². The van der Waals surface area contributed by atoms with E-state index in [9.17, 15) is 10.1 Å². The van der Waals surface area contributed by atoms with Crippen molar-refractivity contribution in [3.05, 3.63) is 76.4 Å². The van der Waals surface area contributed by atoms with Crippen molar-refractivity contribution in [2.75, 3.05) is 0 Å². The Labute approximate surface area is 200 Å². The Bertz CT molecular complexity index is 1270. The van der Waals surface area contributed by atoms with Crippen molar-refractivity contribution in [1.29, 1.82) is 0 Å². The molecule has 1 aliphatic rings. The van der Waals surface area contributed by atoms with Crippen molar-refractivity contribution in [3.8, 4) is 17.1 Å². The summed E-state index contributed by atoms with van der Waals surface area (Å²) in [6.45, 7) is 1.97. The molecule has 9 nitrogen and oxygen atoms in total. The lowest BCUT2D eigenvalue weighted by atomic mass is 9.88. The van der Waals surface area contributed by atoms with Gasteiger partial charge in [-0.25, -0.2) is 9.67 Å². The highest BCUT2D eigenvalue weighted by Gasteiger charge is 2.25. The summed E-state index contributed by atoms with van der Waals surface area (Å²) in [6.07, 6.45) is 5.99. The van der Waals surface area contributed by atoms with Crippen LogP contribution < -0.4 is 0 Å². The fourth-order valence-corrected chi connectivity index (χ4v) is 4.98. The van der Waals surface area contributed by atoms with E-state index < -0.39 is 4.92 Å². The molecular formula is C24H24N6O3S. The van der Waals surface area contributed by atoms with Crippen LogP contribution in [0.5, 0.6) is 0 Å². The average molecular weight is 477 g/mol. The van der Waals surface area contributed by atoms with E-state index in [4.69, 9.17) is 14.5 Å². The topological polar surface area (TPSA) is 113 Å². The molecule has 1 atom stereocenters. The van der Waals surface area contributed by atoms with Crippen molar-refractivity contribution in [1.82, 2.24) is 25.0 Å². The van der Waals surface area contributed by atoms with E-state index in [0.29, 0.717) is 28.4 Å². The van der Waals surface area contributed by atoms with Gasteiger partial charge in [0.2, 0.25) is 16.9 Å². The standard InChI is InChI=1S/C24H24N6O3S/c1-16(22-26-27-23(33-22)18-12-14-20(15-13-18)30(31)32)34-24-25-21(17-8-4-2-5-9-17)29(28-24)19-10-6-3-7-11-19/h3,6-7,10-17H,2,4-5,8-9H2,1H3/t16-/m1/s1. The van der Waals surface area contributed by atoms with Crippen molar-refractivity contribution in [3.63, 3.8) is 0 Å². The number of nitro benzene ring substituents is 1. The molecule has 0 amide bonds. The van der Waals surface area contributed by atoms with Crippen LogP contribution in [0.3, 0.4) is 0 Å². The second-order valence-electron chi connectivity index (χ2n) is 8.34. The maximum atomic E-state index is 10.9. The third kappa shape index (κ3) is 4.72. The Kier molecular flexibility index (Phi) is 6.39. The number of hydrogen-bond donors (Lipinski definition) is 0. The van der Waals surface area contributed by atoms with Crippen molar-refractivity contribution >= 4 is 17.4 Å². The molecule has 1 aliphatic carbocycles. The lowest BCUT2D eigenvalue weighted by Gasteiger charge is -2.21. The number of para-hydroxylation sites is 1. The van der Waals surface area contributed by atoms with Gasteiger partial charge in [-0.1, -0.05) is 49.2 Å². The number of hydrogen-bond acceptors (Lipinski definition) is 8. The van der Waals surface area contributed by atoms with Crippen molar-refractivity contribution in [2.45, 2.75) is 55.4 Å². The number of nitro groups is 1. The van der Waals surface area contributed by atoms with Crippen LogP contribution in [0.25, 0.3) is 17.1 Å². The zero-order valence-corrected chi connectivity index (χ0v) is 19.5. The zero-order chi connectivity index (χ0) is 23.5. The molecule has 0 aliphatic heterocycles. The van der Waals surface area contributed by atoms with Crippen LogP contribution in [-0.4, -0.2) is 29.9 Å². The predicted molar refractivity (Wildman–Crippen MR) is 128 cm³/mol. The normalized spacial score (nSPS) is 15.3. The quantitative estimate of drug-likeness (QED) is 0.178. The maximum absolute atomic E-state index is 10.9.